The predicted octanol–water partition coefficient (Wildman–Crippen LogP) is 2.27. The molecule has 3 rings (SSSR count). The van der Waals surface area contributed by atoms with Crippen LogP contribution in [0, 0.1) is 13.8 Å². The number of rotatable bonds is 5. The number of fused-ring (bicyclic) bond motifs is 1. The van der Waals surface area contributed by atoms with Crippen LogP contribution in [0.1, 0.15) is 36.1 Å². The van der Waals surface area contributed by atoms with Crippen LogP contribution in [-0.2, 0) is 24.3 Å². The van der Waals surface area contributed by atoms with Crippen molar-refractivity contribution < 1.29 is 9.53 Å². The molecule has 128 valence electrons. The number of aryl methyl sites for hydroxylation is 3. The van der Waals surface area contributed by atoms with Crippen molar-refractivity contribution in [1.29, 1.82) is 0 Å². The normalized spacial score (nSPS) is 13.7. The van der Waals surface area contributed by atoms with Crippen molar-refractivity contribution in [3.63, 3.8) is 0 Å². The molecule has 0 atom stereocenters. The zero-order valence-corrected chi connectivity index (χ0v) is 14.6. The molecule has 24 heavy (non-hydrogen) atoms. The third-order valence-electron chi connectivity index (χ3n) is 4.47. The van der Waals surface area contributed by atoms with Gasteiger partial charge in [-0.15, -0.1) is 10.2 Å². The van der Waals surface area contributed by atoms with E-state index in [0.717, 1.165) is 41.5 Å². The molecule has 0 radical (unpaired) electrons. The maximum Gasteiger partial charge on any atom is 0.226 e. The fourth-order valence-corrected chi connectivity index (χ4v) is 3.12. The van der Waals surface area contributed by atoms with E-state index in [1.807, 2.05) is 36.9 Å². The maximum atomic E-state index is 12.4. The molecule has 0 aliphatic carbocycles. The summed E-state index contributed by atoms with van der Waals surface area (Å²) in [5.74, 6) is 2.86. The molecule has 1 aromatic heterocycles. The molecule has 0 spiro atoms. The highest BCUT2D eigenvalue weighted by Gasteiger charge is 2.23. The molecule has 1 aliphatic rings. The fourth-order valence-electron chi connectivity index (χ4n) is 3.12. The number of aromatic nitrogens is 3. The predicted molar refractivity (Wildman–Crippen MR) is 90.8 cm³/mol. The monoisotopic (exact) mass is 328 g/mol. The summed E-state index contributed by atoms with van der Waals surface area (Å²) in [4.78, 5) is 14.3. The Morgan fingerprint density at radius 1 is 1.21 bits per heavy atom. The zero-order valence-electron chi connectivity index (χ0n) is 14.6. The van der Waals surface area contributed by atoms with Crippen molar-refractivity contribution in [3.05, 3.63) is 41.0 Å². The summed E-state index contributed by atoms with van der Waals surface area (Å²) in [6.45, 7) is 8.53. The second kappa shape index (κ2) is 7.03. The number of ether oxygens (including phenoxy) is 1. The molecule has 0 unspecified atom stereocenters. The van der Waals surface area contributed by atoms with Gasteiger partial charge in [-0.05, 0) is 25.0 Å². The van der Waals surface area contributed by atoms with Gasteiger partial charge in [-0.2, -0.15) is 0 Å². The summed E-state index contributed by atoms with van der Waals surface area (Å²) in [6.07, 6.45) is 1.24. The number of benzene rings is 1. The minimum Gasteiger partial charge on any atom is -0.493 e. The molecular weight excluding hydrogens is 304 g/mol. The SMILES string of the molecule is CCc1nnc2n1CCN(C(=O)CCOc1c(C)cccc1C)C2. The van der Waals surface area contributed by atoms with E-state index < -0.39 is 0 Å². The van der Waals surface area contributed by atoms with Gasteiger partial charge in [-0.3, -0.25) is 4.79 Å². The van der Waals surface area contributed by atoms with Crippen molar-refractivity contribution in [2.45, 2.75) is 46.7 Å². The van der Waals surface area contributed by atoms with Crippen LogP contribution in [0.2, 0.25) is 0 Å². The van der Waals surface area contributed by atoms with Crippen molar-refractivity contribution in [2.75, 3.05) is 13.2 Å². The number of carbonyl (C=O) groups is 1. The van der Waals surface area contributed by atoms with Crippen molar-refractivity contribution >= 4 is 5.91 Å². The highest BCUT2D eigenvalue weighted by Crippen LogP contribution is 2.22. The number of nitrogens with zero attached hydrogens (tertiary/aromatic N) is 4. The molecule has 0 saturated heterocycles. The van der Waals surface area contributed by atoms with Crippen LogP contribution in [0.3, 0.4) is 0 Å². The number of hydrogen-bond donors (Lipinski definition) is 0. The van der Waals surface area contributed by atoms with Gasteiger partial charge in [0.25, 0.3) is 0 Å². The first-order chi connectivity index (χ1) is 11.6. The molecule has 0 saturated carbocycles. The van der Waals surface area contributed by atoms with Gasteiger partial charge in [0.1, 0.15) is 11.6 Å². The number of carbonyl (C=O) groups excluding carboxylic acids is 1. The van der Waals surface area contributed by atoms with Crippen LogP contribution < -0.4 is 4.74 Å². The lowest BCUT2D eigenvalue weighted by atomic mass is 10.1. The Hall–Kier alpha value is -2.37. The van der Waals surface area contributed by atoms with E-state index in [1.54, 1.807) is 0 Å². The van der Waals surface area contributed by atoms with Gasteiger partial charge in [-0.1, -0.05) is 25.1 Å². The van der Waals surface area contributed by atoms with Crippen molar-refractivity contribution in [2.24, 2.45) is 0 Å². The Bertz CT molecular complexity index is 718. The summed E-state index contributed by atoms with van der Waals surface area (Å²) >= 11 is 0. The molecule has 1 amide bonds. The molecule has 0 N–H and O–H groups in total. The van der Waals surface area contributed by atoms with E-state index in [9.17, 15) is 4.79 Å². The van der Waals surface area contributed by atoms with Crippen LogP contribution in [-0.4, -0.2) is 38.7 Å². The van der Waals surface area contributed by atoms with E-state index >= 15 is 0 Å². The van der Waals surface area contributed by atoms with Gasteiger partial charge in [0, 0.05) is 19.5 Å². The van der Waals surface area contributed by atoms with Crippen LogP contribution in [0.15, 0.2) is 18.2 Å². The van der Waals surface area contributed by atoms with Crippen LogP contribution in [0.4, 0.5) is 0 Å². The van der Waals surface area contributed by atoms with E-state index in [2.05, 4.69) is 21.7 Å². The topological polar surface area (TPSA) is 60.2 Å². The summed E-state index contributed by atoms with van der Waals surface area (Å²) in [5, 5.41) is 8.38. The first-order valence-electron chi connectivity index (χ1n) is 8.48. The standard InChI is InChI=1S/C18H24N4O2/c1-4-15-19-20-16-12-21(9-10-22(15)16)17(23)8-11-24-18-13(2)6-5-7-14(18)3/h5-7H,4,8-12H2,1-3H3. The first-order valence-corrected chi connectivity index (χ1v) is 8.48. The van der Waals surface area contributed by atoms with Crippen LogP contribution >= 0.6 is 0 Å². The van der Waals surface area contributed by atoms with Gasteiger partial charge in [0.15, 0.2) is 5.82 Å². The minimum atomic E-state index is 0.105. The molecule has 1 aliphatic heterocycles. The molecule has 0 bridgehead atoms. The lowest BCUT2D eigenvalue weighted by molar-refractivity contribution is -0.133. The number of hydrogen-bond acceptors (Lipinski definition) is 4. The Kier molecular flexibility index (Phi) is 4.83. The summed E-state index contributed by atoms with van der Waals surface area (Å²) < 4.78 is 7.96. The Balaban J connectivity index is 1.55. The zero-order chi connectivity index (χ0) is 17.1. The molecule has 6 nitrogen and oxygen atoms in total. The second-order valence-electron chi connectivity index (χ2n) is 6.17. The average Bonchev–Trinajstić information content (AvgIpc) is 2.99. The molecule has 1 aromatic carbocycles. The third-order valence-corrected chi connectivity index (χ3v) is 4.47. The number of para-hydroxylation sites is 1. The molecular formula is C18H24N4O2. The quantitative estimate of drug-likeness (QED) is 0.845. The highest BCUT2D eigenvalue weighted by molar-refractivity contribution is 5.76. The molecule has 6 heteroatoms. The number of amides is 1. The Labute approximate surface area is 142 Å². The van der Waals surface area contributed by atoms with Crippen molar-refractivity contribution in [1.82, 2.24) is 19.7 Å². The van der Waals surface area contributed by atoms with Gasteiger partial charge >= 0.3 is 0 Å². The van der Waals surface area contributed by atoms with E-state index in [0.29, 0.717) is 26.1 Å². The fraction of sp³-hybridized carbons (Fsp3) is 0.500. The lowest BCUT2D eigenvalue weighted by Crippen LogP contribution is -2.39. The van der Waals surface area contributed by atoms with Crippen LogP contribution in [0.5, 0.6) is 5.75 Å². The second-order valence-corrected chi connectivity index (χ2v) is 6.17. The molecule has 0 fully saturated rings. The van der Waals surface area contributed by atoms with Gasteiger partial charge in [0.05, 0.1) is 19.6 Å². The Morgan fingerprint density at radius 3 is 2.67 bits per heavy atom. The first kappa shape index (κ1) is 16.5. The minimum absolute atomic E-state index is 0.105. The van der Waals surface area contributed by atoms with E-state index in [-0.39, 0.29) is 5.91 Å². The Morgan fingerprint density at radius 2 is 1.96 bits per heavy atom. The van der Waals surface area contributed by atoms with E-state index in [4.69, 9.17) is 4.74 Å². The van der Waals surface area contributed by atoms with Gasteiger partial charge < -0.3 is 14.2 Å². The van der Waals surface area contributed by atoms with Gasteiger partial charge in [0.2, 0.25) is 5.91 Å². The summed E-state index contributed by atoms with van der Waals surface area (Å²) in [7, 11) is 0. The molecule has 2 aromatic rings. The molecule has 2 heterocycles. The summed E-state index contributed by atoms with van der Waals surface area (Å²) in [5.41, 5.74) is 2.20. The average molecular weight is 328 g/mol. The maximum absolute atomic E-state index is 12.4. The largest absolute Gasteiger partial charge is 0.493 e. The summed E-state index contributed by atoms with van der Waals surface area (Å²) in [6, 6.07) is 6.05. The van der Waals surface area contributed by atoms with Crippen LogP contribution in [0.25, 0.3) is 0 Å². The smallest absolute Gasteiger partial charge is 0.226 e. The van der Waals surface area contributed by atoms with Gasteiger partial charge in [-0.25, -0.2) is 0 Å². The van der Waals surface area contributed by atoms with Crippen molar-refractivity contribution in [3.8, 4) is 5.75 Å². The van der Waals surface area contributed by atoms with E-state index in [1.165, 1.54) is 0 Å². The lowest BCUT2D eigenvalue weighted by Gasteiger charge is -2.28. The third kappa shape index (κ3) is 3.27. The highest BCUT2D eigenvalue weighted by atomic mass is 16.5.